The minimum atomic E-state index is -3.52. The lowest BCUT2D eigenvalue weighted by Gasteiger charge is -2.16. The summed E-state index contributed by atoms with van der Waals surface area (Å²) in [5, 5.41) is 5.71. The zero-order chi connectivity index (χ0) is 19.8. The largest absolute Gasteiger partial charge is 0.473 e. The van der Waals surface area contributed by atoms with Crippen LogP contribution < -0.4 is 4.74 Å². The molecule has 1 aliphatic rings. The van der Waals surface area contributed by atoms with E-state index in [0.717, 1.165) is 16.3 Å². The number of para-hydroxylation sites is 2. The van der Waals surface area contributed by atoms with Crippen molar-refractivity contribution in [3.63, 3.8) is 0 Å². The van der Waals surface area contributed by atoms with Gasteiger partial charge in [0.2, 0.25) is 15.9 Å². The van der Waals surface area contributed by atoms with Crippen LogP contribution >= 0.6 is 0 Å². The van der Waals surface area contributed by atoms with Crippen molar-refractivity contribution in [3.8, 4) is 5.88 Å². The molecule has 0 spiro atoms. The zero-order valence-corrected chi connectivity index (χ0v) is 16.4. The van der Waals surface area contributed by atoms with Gasteiger partial charge in [0, 0.05) is 23.4 Å². The fourth-order valence-electron chi connectivity index (χ4n) is 3.64. The van der Waals surface area contributed by atoms with Crippen molar-refractivity contribution in [2.24, 2.45) is 0 Å². The summed E-state index contributed by atoms with van der Waals surface area (Å²) >= 11 is 0. The van der Waals surface area contributed by atoms with E-state index in [2.05, 4.69) is 10.1 Å². The Hall–Kier alpha value is -2.97. The van der Waals surface area contributed by atoms with Crippen LogP contribution in [0.25, 0.3) is 21.9 Å². The molecule has 1 atom stereocenters. The predicted octanol–water partition coefficient (Wildman–Crippen LogP) is 3.36. The number of sulfonamides is 1. The van der Waals surface area contributed by atoms with Crippen molar-refractivity contribution in [3.05, 3.63) is 66.4 Å². The number of fused-ring (bicyclic) bond motifs is 2. The summed E-state index contributed by atoms with van der Waals surface area (Å²) in [6, 6.07) is 18.8. The third-order valence-corrected chi connectivity index (χ3v) is 6.89. The molecule has 7 nitrogen and oxygen atoms in total. The number of pyridine rings is 1. The van der Waals surface area contributed by atoms with Crippen LogP contribution in [0.5, 0.6) is 5.88 Å². The van der Waals surface area contributed by atoms with Gasteiger partial charge in [-0.2, -0.15) is 4.31 Å². The topological polar surface area (TPSA) is 85.5 Å². The van der Waals surface area contributed by atoms with Crippen LogP contribution in [-0.2, 0) is 15.8 Å². The monoisotopic (exact) mass is 409 g/mol. The lowest BCUT2D eigenvalue weighted by Crippen LogP contribution is -2.32. The molecule has 0 amide bonds. The molecule has 0 bridgehead atoms. The Morgan fingerprint density at radius 3 is 2.83 bits per heavy atom. The Morgan fingerprint density at radius 2 is 1.90 bits per heavy atom. The number of benzene rings is 2. The van der Waals surface area contributed by atoms with Gasteiger partial charge in [-0.25, -0.2) is 13.4 Å². The maximum Gasteiger partial charge on any atom is 0.220 e. The lowest BCUT2D eigenvalue weighted by atomic mass is 10.2. The average Bonchev–Trinajstić information content (AvgIpc) is 3.36. The first-order valence-corrected chi connectivity index (χ1v) is 11.0. The van der Waals surface area contributed by atoms with Crippen LogP contribution in [0.4, 0.5) is 0 Å². The molecule has 1 aliphatic heterocycles. The molecule has 8 heteroatoms. The molecule has 1 fully saturated rings. The standard InChI is InChI=1S/C21H19N3O4S/c25-29(26,14-19-17-6-2-4-8-20(17)28-23-19)24-12-11-16(13-24)27-21-10-9-15-5-1-3-7-18(15)22-21/h1-10,16H,11-14H2. The second-order valence-electron chi connectivity index (χ2n) is 7.11. The van der Waals surface area contributed by atoms with Crippen molar-refractivity contribution in [2.45, 2.75) is 18.3 Å². The highest BCUT2D eigenvalue weighted by atomic mass is 32.2. The van der Waals surface area contributed by atoms with Crippen LogP contribution in [-0.4, -0.2) is 42.1 Å². The normalized spacial score (nSPS) is 17.9. The van der Waals surface area contributed by atoms with Crippen molar-refractivity contribution >= 4 is 31.9 Å². The Morgan fingerprint density at radius 1 is 1.07 bits per heavy atom. The molecule has 2 aromatic carbocycles. The van der Waals surface area contributed by atoms with Gasteiger partial charge in [0.1, 0.15) is 17.6 Å². The SMILES string of the molecule is O=S(=O)(Cc1noc2ccccc12)N1CCC(Oc2ccc3ccccc3n2)C1. The van der Waals surface area contributed by atoms with Crippen molar-refractivity contribution < 1.29 is 17.7 Å². The van der Waals surface area contributed by atoms with E-state index >= 15 is 0 Å². The fourth-order valence-corrected chi connectivity index (χ4v) is 5.15. The molecular weight excluding hydrogens is 390 g/mol. The van der Waals surface area contributed by atoms with Crippen molar-refractivity contribution in [1.82, 2.24) is 14.4 Å². The molecule has 1 saturated heterocycles. The first-order chi connectivity index (χ1) is 14.1. The first-order valence-electron chi connectivity index (χ1n) is 9.42. The van der Waals surface area contributed by atoms with E-state index in [1.807, 2.05) is 54.6 Å². The van der Waals surface area contributed by atoms with Crippen LogP contribution in [0.2, 0.25) is 0 Å². The van der Waals surface area contributed by atoms with Crippen molar-refractivity contribution in [1.29, 1.82) is 0 Å². The molecular formula is C21H19N3O4S. The zero-order valence-electron chi connectivity index (χ0n) is 15.6. The minimum absolute atomic E-state index is 0.190. The highest BCUT2D eigenvalue weighted by molar-refractivity contribution is 7.88. The van der Waals surface area contributed by atoms with Crippen LogP contribution in [0.15, 0.2) is 65.2 Å². The predicted molar refractivity (Wildman–Crippen MR) is 109 cm³/mol. The van der Waals surface area contributed by atoms with E-state index in [1.54, 1.807) is 6.07 Å². The summed E-state index contributed by atoms with van der Waals surface area (Å²) in [4.78, 5) is 4.51. The Labute approximate surface area is 167 Å². The average molecular weight is 409 g/mol. The Kier molecular flexibility index (Phi) is 4.44. The summed E-state index contributed by atoms with van der Waals surface area (Å²) in [5.41, 5.74) is 1.87. The number of nitrogens with zero attached hydrogens (tertiary/aromatic N) is 3. The third kappa shape index (κ3) is 3.56. The number of hydrogen-bond donors (Lipinski definition) is 0. The number of ether oxygens (including phenoxy) is 1. The van der Waals surface area contributed by atoms with Gasteiger partial charge in [0.05, 0.1) is 12.1 Å². The lowest BCUT2D eigenvalue weighted by molar-refractivity contribution is 0.207. The number of hydrogen-bond acceptors (Lipinski definition) is 6. The molecule has 29 heavy (non-hydrogen) atoms. The number of aromatic nitrogens is 2. The second kappa shape index (κ2) is 7.13. The summed E-state index contributed by atoms with van der Waals surface area (Å²) in [6.07, 6.45) is 0.389. The third-order valence-electron chi connectivity index (χ3n) is 5.13. The summed E-state index contributed by atoms with van der Waals surface area (Å²) in [6.45, 7) is 0.711. The van der Waals surface area contributed by atoms with Crippen LogP contribution in [0, 0.1) is 0 Å². The molecule has 5 rings (SSSR count). The van der Waals surface area contributed by atoms with Gasteiger partial charge in [-0.05, 0) is 30.7 Å². The summed E-state index contributed by atoms with van der Waals surface area (Å²) in [7, 11) is -3.52. The van der Waals surface area contributed by atoms with Gasteiger partial charge in [-0.15, -0.1) is 0 Å². The highest BCUT2D eigenvalue weighted by Gasteiger charge is 2.33. The molecule has 148 valence electrons. The molecule has 3 heterocycles. The van der Waals surface area contributed by atoms with Gasteiger partial charge >= 0.3 is 0 Å². The van der Waals surface area contributed by atoms with E-state index in [0.29, 0.717) is 36.7 Å². The molecule has 2 aromatic heterocycles. The first kappa shape index (κ1) is 18.1. The minimum Gasteiger partial charge on any atom is -0.473 e. The van der Waals surface area contributed by atoms with E-state index < -0.39 is 10.0 Å². The van der Waals surface area contributed by atoms with E-state index in [-0.39, 0.29) is 11.9 Å². The van der Waals surface area contributed by atoms with E-state index in [4.69, 9.17) is 9.26 Å². The molecule has 0 N–H and O–H groups in total. The van der Waals surface area contributed by atoms with Crippen LogP contribution in [0.1, 0.15) is 12.1 Å². The second-order valence-corrected chi connectivity index (χ2v) is 9.08. The molecule has 0 radical (unpaired) electrons. The van der Waals surface area contributed by atoms with E-state index in [9.17, 15) is 8.42 Å². The molecule has 0 aliphatic carbocycles. The molecule has 0 saturated carbocycles. The quantitative estimate of drug-likeness (QED) is 0.502. The van der Waals surface area contributed by atoms with Crippen molar-refractivity contribution in [2.75, 3.05) is 13.1 Å². The molecule has 4 aromatic rings. The summed E-state index contributed by atoms with van der Waals surface area (Å²) < 4.78 is 38.4. The van der Waals surface area contributed by atoms with Gasteiger partial charge in [0.25, 0.3) is 0 Å². The molecule has 1 unspecified atom stereocenters. The fraction of sp³-hybridized carbons (Fsp3) is 0.238. The van der Waals surface area contributed by atoms with Gasteiger partial charge in [0.15, 0.2) is 5.58 Å². The maximum absolute atomic E-state index is 12.9. The number of rotatable bonds is 5. The van der Waals surface area contributed by atoms with Crippen LogP contribution in [0.3, 0.4) is 0 Å². The Balaban J connectivity index is 1.29. The Bertz CT molecular complexity index is 1290. The van der Waals surface area contributed by atoms with E-state index in [1.165, 1.54) is 4.31 Å². The maximum atomic E-state index is 12.9. The van der Waals surface area contributed by atoms with Gasteiger partial charge < -0.3 is 9.26 Å². The highest BCUT2D eigenvalue weighted by Crippen LogP contribution is 2.25. The smallest absolute Gasteiger partial charge is 0.220 e. The van der Waals surface area contributed by atoms with Gasteiger partial charge in [-0.1, -0.05) is 35.5 Å². The van der Waals surface area contributed by atoms with Gasteiger partial charge in [-0.3, -0.25) is 0 Å². The summed E-state index contributed by atoms with van der Waals surface area (Å²) in [5.74, 6) is 0.320.